The molecule has 4 bridgehead atoms. The van der Waals surface area contributed by atoms with Crippen molar-refractivity contribution in [3.63, 3.8) is 0 Å². The summed E-state index contributed by atoms with van der Waals surface area (Å²) >= 11 is 0. The van der Waals surface area contributed by atoms with Crippen LogP contribution in [0.5, 0.6) is 0 Å². The van der Waals surface area contributed by atoms with Crippen LogP contribution >= 0.6 is 0 Å². The van der Waals surface area contributed by atoms with Gasteiger partial charge in [0.25, 0.3) is 0 Å². The molecule has 33 heavy (non-hydrogen) atoms. The molecule has 3 N–H and O–H groups in total. The lowest BCUT2D eigenvalue weighted by Gasteiger charge is -2.61. The third kappa shape index (κ3) is 3.44. The van der Waals surface area contributed by atoms with Crippen molar-refractivity contribution >= 4 is 17.8 Å². The van der Waals surface area contributed by atoms with Crippen LogP contribution in [0, 0.1) is 29.1 Å². The van der Waals surface area contributed by atoms with E-state index in [4.69, 9.17) is 5.73 Å². The lowest BCUT2D eigenvalue weighted by molar-refractivity contribution is -0.154. The Morgan fingerprint density at radius 3 is 2.48 bits per heavy atom. The lowest BCUT2D eigenvalue weighted by atomic mass is 9.44. The fourth-order valence-electron chi connectivity index (χ4n) is 7.89. The first-order valence-electron chi connectivity index (χ1n) is 11.6. The maximum Gasteiger partial charge on any atom is 0.419 e. The number of rotatable bonds is 4. The van der Waals surface area contributed by atoms with Gasteiger partial charge in [0.1, 0.15) is 5.82 Å². The van der Waals surface area contributed by atoms with Gasteiger partial charge >= 0.3 is 12.3 Å². The molecule has 10 heteroatoms. The zero-order valence-corrected chi connectivity index (χ0v) is 18.5. The Morgan fingerprint density at radius 2 is 1.91 bits per heavy atom. The van der Waals surface area contributed by atoms with Gasteiger partial charge < -0.3 is 20.6 Å². The number of hydrogen-bond acceptors (Lipinski definition) is 4. The summed E-state index contributed by atoms with van der Waals surface area (Å²) in [5.41, 5.74) is 4.48. The highest BCUT2D eigenvalue weighted by atomic mass is 19.4. The Balaban J connectivity index is 1.51. The molecule has 6 unspecified atom stereocenters. The minimum absolute atomic E-state index is 0.00174. The number of primary amides is 1. The van der Waals surface area contributed by atoms with Gasteiger partial charge in [-0.3, -0.25) is 4.79 Å². The summed E-state index contributed by atoms with van der Waals surface area (Å²) in [5, 5.41) is 9.97. The second-order valence-corrected chi connectivity index (χ2v) is 10.5. The van der Waals surface area contributed by atoms with Crippen molar-refractivity contribution in [3.05, 3.63) is 23.9 Å². The summed E-state index contributed by atoms with van der Waals surface area (Å²) in [6.07, 6.45) is 0.112. The number of carbonyl (C=O) groups excluding carboxylic acids is 1. The van der Waals surface area contributed by atoms with Crippen LogP contribution < -0.4 is 10.6 Å². The minimum atomic E-state index is -4.56. The Labute approximate surface area is 190 Å². The lowest BCUT2D eigenvalue weighted by Crippen LogP contribution is -2.62. The smallest absolute Gasteiger partial charge is 0.419 e. The molecule has 0 spiro atoms. The molecule has 1 aromatic rings. The molecule has 1 aliphatic heterocycles. The van der Waals surface area contributed by atoms with Gasteiger partial charge in [0.05, 0.1) is 17.6 Å². The average Bonchev–Trinajstić information content (AvgIpc) is 3.17. The maximum absolute atomic E-state index is 13.7. The van der Waals surface area contributed by atoms with E-state index in [2.05, 4.69) is 4.98 Å². The second kappa shape index (κ2) is 7.50. The first kappa shape index (κ1) is 22.3. The number of likely N-dealkylation sites (N-methyl/N-ethyl adjacent to an activating group) is 1. The molecule has 0 radical (unpaired) electrons. The second-order valence-electron chi connectivity index (χ2n) is 10.5. The zero-order valence-electron chi connectivity index (χ0n) is 18.5. The van der Waals surface area contributed by atoms with E-state index < -0.39 is 35.3 Å². The number of nitrogens with two attached hydrogens (primary N) is 1. The molecule has 2 heterocycles. The fourth-order valence-corrected chi connectivity index (χ4v) is 7.89. The Morgan fingerprint density at radius 1 is 1.24 bits per heavy atom. The first-order chi connectivity index (χ1) is 15.5. The maximum atomic E-state index is 13.7. The van der Waals surface area contributed by atoms with E-state index in [1.807, 2.05) is 0 Å². The van der Waals surface area contributed by atoms with Crippen molar-refractivity contribution in [3.8, 4) is 0 Å². The molecule has 0 aromatic carbocycles. The van der Waals surface area contributed by atoms with Gasteiger partial charge in [-0.25, -0.2) is 9.78 Å². The van der Waals surface area contributed by atoms with Crippen LogP contribution in [0.3, 0.4) is 0 Å². The normalized spacial score (nSPS) is 37.4. The summed E-state index contributed by atoms with van der Waals surface area (Å²) in [6, 6.07) is 1.40. The van der Waals surface area contributed by atoms with E-state index in [0.717, 1.165) is 25.3 Å². The van der Waals surface area contributed by atoms with Gasteiger partial charge in [0.15, 0.2) is 0 Å². The minimum Gasteiger partial charge on any atom is -0.465 e. The number of carbonyl (C=O) groups is 2. The molecule has 1 aromatic heterocycles. The van der Waals surface area contributed by atoms with Gasteiger partial charge in [0, 0.05) is 25.2 Å². The van der Waals surface area contributed by atoms with Crippen molar-refractivity contribution in [1.29, 1.82) is 0 Å². The summed E-state index contributed by atoms with van der Waals surface area (Å²) in [6.45, 7) is 0.267. The highest BCUT2D eigenvalue weighted by Gasteiger charge is 2.62. The number of alkyl halides is 3. The number of pyridine rings is 1. The highest BCUT2D eigenvalue weighted by molar-refractivity contribution is 5.81. The number of aromatic nitrogens is 1. The largest absolute Gasteiger partial charge is 0.465 e. The molecule has 5 fully saturated rings. The summed E-state index contributed by atoms with van der Waals surface area (Å²) < 4.78 is 41.1. The van der Waals surface area contributed by atoms with E-state index in [1.54, 1.807) is 7.05 Å². The van der Waals surface area contributed by atoms with E-state index in [9.17, 15) is 27.9 Å². The zero-order chi connectivity index (χ0) is 23.7. The predicted molar refractivity (Wildman–Crippen MR) is 113 cm³/mol. The van der Waals surface area contributed by atoms with Gasteiger partial charge in [-0.05, 0) is 74.3 Å². The monoisotopic (exact) mass is 466 g/mol. The van der Waals surface area contributed by atoms with E-state index >= 15 is 0 Å². The van der Waals surface area contributed by atoms with Crippen LogP contribution in [0.25, 0.3) is 0 Å². The number of anilines is 1. The van der Waals surface area contributed by atoms with E-state index in [0.29, 0.717) is 25.2 Å². The van der Waals surface area contributed by atoms with Crippen LogP contribution in [0.2, 0.25) is 0 Å². The van der Waals surface area contributed by atoms with Gasteiger partial charge in [-0.15, -0.1) is 0 Å². The Kier molecular flexibility index (Phi) is 5.06. The molecule has 2 amide bonds. The first-order valence-corrected chi connectivity index (χ1v) is 11.6. The molecule has 1 saturated heterocycles. The fraction of sp³-hybridized carbons (Fsp3) is 0.696. The third-order valence-electron chi connectivity index (χ3n) is 8.85. The quantitative estimate of drug-likeness (QED) is 0.707. The molecular formula is C23H29F3N4O3. The van der Waals surface area contributed by atoms with Crippen molar-refractivity contribution in [2.45, 2.75) is 56.8 Å². The predicted octanol–water partition coefficient (Wildman–Crippen LogP) is 3.59. The molecule has 7 nitrogen and oxygen atoms in total. The molecule has 180 valence electrons. The molecule has 5 aliphatic rings. The van der Waals surface area contributed by atoms with E-state index in [-0.39, 0.29) is 36.0 Å². The van der Waals surface area contributed by atoms with Crippen molar-refractivity contribution in [2.24, 2.45) is 34.8 Å². The third-order valence-corrected chi connectivity index (χ3v) is 8.85. The summed E-state index contributed by atoms with van der Waals surface area (Å²) in [5.74, 6) is 0.266. The van der Waals surface area contributed by atoms with Crippen molar-refractivity contribution in [1.82, 2.24) is 9.88 Å². The van der Waals surface area contributed by atoms with Crippen LogP contribution in [0.4, 0.5) is 23.8 Å². The number of halogens is 3. The van der Waals surface area contributed by atoms with Gasteiger partial charge in [-0.1, -0.05) is 0 Å². The van der Waals surface area contributed by atoms with Crippen LogP contribution in [0.15, 0.2) is 18.3 Å². The summed E-state index contributed by atoms with van der Waals surface area (Å²) in [4.78, 5) is 31.5. The van der Waals surface area contributed by atoms with E-state index in [1.165, 1.54) is 22.1 Å². The van der Waals surface area contributed by atoms with Gasteiger partial charge in [0.2, 0.25) is 5.91 Å². The number of amides is 2. The Hall–Kier alpha value is -2.52. The molecule has 4 saturated carbocycles. The van der Waals surface area contributed by atoms with Crippen LogP contribution in [0.1, 0.15) is 44.1 Å². The standard InChI is InChI=1S/C23H29F3N4O3/c1-29(19-15(23(24,25)26)3-2-5-28-19)16-4-6-30(21(32)33)18(16)17-13-7-12-8-14(17)11-22(9-12,10-13)20(27)31/h2-3,5,12-14,16-18H,4,6-11H2,1H3,(H2,27,31)(H,32,33)/t12?,13-,14?,16?,17?,18?,22?/m0/s1. The highest BCUT2D eigenvalue weighted by Crippen LogP contribution is 2.64. The van der Waals surface area contributed by atoms with Crippen molar-refractivity contribution < 1.29 is 27.9 Å². The average molecular weight is 467 g/mol. The topological polar surface area (TPSA) is 99.8 Å². The molecule has 6 rings (SSSR count). The number of carboxylic acid groups (broad SMARTS) is 1. The molecular weight excluding hydrogens is 437 g/mol. The molecule has 7 atom stereocenters. The summed E-state index contributed by atoms with van der Waals surface area (Å²) in [7, 11) is 1.58. The van der Waals surface area contributed by atoms with Crippen LogP contribution in [-0.2, 0) is 11.0 Å². The molecule has 4 aliphatic carbocycles. The number of nitrogens with zero attached hydrogens (tertiary/aromatic N) is 3. The number of hydrogen-bond donors (Lipinski definition) is 2. The SMILES string of the molecule is CN(c1ncccc1C(F)(F)F)C1CCN(C(=O)O)C1C1C2CC3C[C@H]1CC(C(N)=O)(C3)C2. The Bertz CT molecular complexity index is 955. The van der Waals surface area contributed by atoms with Gasteiger partial charge in [-0.2, -0.15) is 13.2 Å². The van der Waals surface area contributed by atoms with Crippen LogP contribution in [-0.4, -0.2) is 52.7 Å². The number of likely N-dealkylation sites (tertiary alicyclic amines) is 1. The van der Waals surface area contributed by atoms with Crippen molar-refractivity contribution in [2.75, 3.05) is 18.5 Å².